The number of rotatable bonds is 6. The highest BCUT2D eigenvalue weighted by Gasteiger charge is 2.34. The molecule has 2 unspecified atom stereocenters. The van der Waals surface area contributed by atoms with Gasteiger partial charge in [-0.25, -0.2) is 9.18 Å². The molecular weight excluding hydrogens is 306 g/mol. The first-order valence-electron chi connectivity index (χ1n) is 6.41. The third kappa shape index (κ3) is 4.71. The molecule has 1 aromatic carbocycles. The maximum atomic E-state index is 12.9. The lowest BCUT2D eigenvalue weighted by Gasteiger charge is -2.19. The van der Waals surface area contributed by atoms with E-state index in [9.17, 15) is 27.2 Å². The molecule has 122 valence electrons. The lowest BCUT2D eigenvalue weighted by atomic mass is 9.92. The number of hydrogen-bond acceptors (Lipinski definition) is 2. The number of halogens is 4. The smallest absolute Gasteiger partial charge is 0.416 e. The van der Waals surface area contributed by atoms with Gasteiger partial charge in [-0.15, -0.1) is 0 Å². The van der Waals surface area contributed by atoms with Gasteiger partial charge in [0, 0.05) is 6.42 Å². The van der Waals surface area contributed by atoms with Gasteiger partial charge in [0.15, 0.2) is 6.04 Å². The maximum absolute atomic E-state index is 12.9. The molecule has 0 bridgehead atoms. The Bertz CT molecular complexity index is 545. The van der Waals surface area contributed by atoms with E-state index >= 15 is 0 Å². The van der Waals surface area contributed by atoms with Gasteiger partial charge in [0.2, 0.25) is 5.91 Å². The number of aliphatic carboxylic acids is 1. The predicted molar refractivity (Wildman–Crippen MR) is 70.0 cm³/mol. The molecule has 0 aromatic heterocycles. The molecular formula is C14H15F4NO3. The van der Waals surface area contributed by atoms with Crippen LogP contribution in [0.4, 0.5) is 17.6 Å². The second-order valence-electron chi connectivity index (χ2n) is 4.80. The normalized spacial score (nSPS) is 14.2. The van der Waals surface area contributed by atoms with Crippen molar-refractivity contribution >= 4 is 11.9 Å². The van der Waals surface area contributed by atoms with Crippen molar-refractivity contribution in [3.8, 4) is 0 Å². The zero-order chi connectivity index (χ0) is 16.9. The highest BCUT2D eigenvalue weighted by atomic mass is 19.4. The Balaban J connectivity index is 2.84. The van der Waals surface area contributed by atoms with Crippen molar-refractivity contribution < 1.29 is 32.3 Å². The molecule has 2 N–H and O–H groups in total. The standard InChI is InChI=1S/C14H15F4NO3/c1-8(6-12(20)19-11(7-15)13(21)22)9-4-2-3-5-10(9)14(16,17)18/h2-5,8,11H,6-7H2,1H3,(H,19,20)(H,21,22). The van der Waals surface area contributed by atoms with Crippen LogP contribution in [0.15, 0.2) is 24.3 Å². The summed E-state index contributed by atoms with van der Waals surface area (Å²) in [4.78, 5) is 22.2. The van der Waals surface area contributed by atoms with E-state index < -0.39 is 42.3 Å². The quantitative estimate of drug-likeness (QED) is 0.792. The largest absolute Gasteiger partial charge is 0.480 e. The molecule has 1 amide bonds. The summed E-state index contributed by atoms with van der Waals surface area (Å²) >= 11 is 0. The topological polar surface area (TPSA) is 66.4 Å². The van der Waals surface area contributed by atoms with Crippen molar-refractivity contribution in [1.82, 2.24) is 5.32 Å². The monoisotopic (exact) mass is 321 g/mol. The minimum Gasteiger partial charge on any atom is -0.480 e. The Morgan fingerprint density at radius 3 is 2.36 bits per heavy atom. The van der Waals surface area contributed by atoms with Gasteiger partial charge in [-0.1, -0.05) is 25.1 Å². The van der Waals surface area contributed by atoms with Gasteiger partial charge in [-0.05, 0) is 17.5 Å². The second kappa shape index (κ2) is 7.24. The fourth-order valence-corrected chi connectivity index (χ4v) is 1.99. The number of benzene rings is 1. The third-order valence-electron chi connectivity index (χ3n) is 3.08. The Hall–Kier alpha value is -2.12. The second-order valence-corrected chi connectivity index (χ2v) is 4.80. The number of hydrogen-bond donors (Lipinski definition) is 2. The predicted octanol–water partition coefficient (Wildman–Crippen LogP) is 2.74. The third-order valence-corrected chi connectivity index (χ3v) is 3.08. The maximum Gasteiger partial charge on any atom is 0.416 e. The van der Waals surface area contributed by atoms with Crippen LogP contribution in [0.25, 0.3) is 0 Å². The van der Waals surface area contributed by atoms with E-state index in [4.69, 9.17) is 5.11 Å². The van der Waals surface area contributed by atoms with Crippen LogP contribution < -0.4 is 5.32 Å². The van der Waals surface area contributed by atoms with Gasteiger partial charge in [-0.3, -0.25) is 4.79 Å². The van der Waals surface area contributed by atoms with E-state index in [-0.39, 0.29) is 12.0 Å². The molecule has 4 nitrogen and oxygen atoms in total. The van der Waals surface area contributed by atoms with Gasteiger partial charge >= 0.3 is 12.1 Å². The minimum atomic E-state index is -4.55. The van der Waals surface area contributed by atoms with Crippen LogP contribution in [-0.2, 0) is 15.8 Å². The summed E-state index contributed by atoms with van der Waals surface area (Å²) in [6, 6.07) is 3.12. The van der Waals surface area contributed by atoms with Gasteiger partial charge in [0.1, 0.15) is 6.67 Å². The van der Waals surface area contributed by atoms with Crippen LogP contribution in [-0.4, -0.2) is 29.7 Å². The van der Waals surface area contributed by atoms with Crippen LogP contribution in [0.5, 0.6) is 0 Å². The van der Waals surface area contributed by atoms with Crippen molar-refractivity contribution in [2.45, 2.75) is 31.5 Å². The van der Waals surface area contributed by atoms with Crippen molar-refractivity contribution in [2.24, 2.45) is 0 Å². The molecule has 0 heterocycles. The number of alkyl halides is 4. The summed E-state index contributed by atoms with van der Waals surface area (Å²) in [7, 11) is 0. The average Bonchev–Trinajstić information content (AvgIpc) is 2.43. The van der Waals surface area contributed by atoms with E-state index in [1.165, 1.54) is 25.1 Å². The van der Waals surface area contributed by atoms with Gasteiger partial charge in [0.25, 0.3) is 0 Å². The molecule has 0 aliphatic heterocycles. The van der Waals surface area contributed by atoms with Crippen LogP contribution in [0.3, 0.4) is 0 Å². The zero-order valence-corrected chi connectivity index (χ0v) is 11.7. The molecule has 0 saturated heterocycles. The SMILES string of the molecule is CC(CC(=O)NC(CF)C(=O)O)c1ccccc1C(F)(F)F. The highest BCUT2D eigenvalue weighted by molar-refractivity contribution is 5.84. The molecule has 0 aliphatic carbocycles. The van der Waals surface area contributed by atoms with Crippen LogP contribution in [0.1, 0.15) is 30.4 Å². The summed E-state index contributed by atoms with van der Waals surface area (Å²) in [5.74, 6) is -3.17. The Kier molecular flexibility index (Phi) is 5.90. The Morgan fingerprint density at radius 2 is 1.86 bits per heavy atom. The summed E-state index contributed by atoms with van der Waals surface area (Å²) < 4.78 is 51.1. The van der Waals surface area contributed by atoms with E-state index in [0.29, 0.717) is 0 Å². The van der Waals surface area contributed by atoms with E-state index in [1.54, 1.807) is 0 Å². The van der Waals surface area contributed by atoms with Crippen LogP contribution in [0, 0.1) is 0 Å². The summed E-state index contributed by atoms with van der Waals surface area (Å²) in [5.41, 5.74) is -0.923. The number of nitrogens with one attached hydrogen (secondary N) is 1. The first-order valence-corrected chi connectivity index (χ1v) is 6.41. The van der Waals surface area contributed by atoms with Crippen molar-refractivity contribution in [3.63, 3.8) is 0 Å². The molecule has 0 radical (unpaired) electrons. The lowest BCUT2D eigenvalue weighted by molar-refractivity contribution is -0.142. The lowest BCUT2D eigenvalue weighted by Crippen LogP contribution is -2.42. The van der Waals surface area contributed by atoms with Gasteiger partial charge in [-0.2, -0.15) is 13.2 Å². The van der Waals surface area contributed by atoms with Crippen molar-refractivity contribution in [1.29, 1.82) is 0 Å². The minimum absolute atomic E-state index is 0.0720. The molecule has 8 heteroatoms. The summed E-state index contributed by atoms with van der Waals surface area (Å²) in [6.07, 6.45) is -4.93. The highest BCUT2D eigenvalue weighted by Crippen LogP contribution is 2.35. The first kappa shape index (κ1) is 17.9. The fraction of sp³-hybridized carbons (Fsp3) is 0.429. The van der Waals surface area contributed by atoms with E-state index in [1.807, 2.05) is 5.32 Å². The molecule has 22 heavy (non-hydrogen) atoms. The number of carboxylic acid groups (broad SMARTS) is 1. The van der Waals surface area contributed by atoms with E-state index in [2.05, 4.69) is 0 Å². The average molecular weight is 321 g/mol. The van der Waals surface area contributed by atoms with Crippen LogP contribution in [0.2, 0.25) is 0 Å². The number of amides is 1. The molecule has 1 rings (SSSR count). The van der Waals surface area contributed by atoms with Gasteiger partial charge in [0.05, 0.1) is 5.56 Å². The fourth-order valence-electron chi connectivity index (χ4n) is 1.99. The van der Waals surface area contributed by atoms with Crippen molar-refractivity contribution in [3.05, 3.63) is 35.4 Å². The molecule has 2 atom stereocenters. The molecule has 0 fully saturated rings. The Morgan fingerprint density at radius 1 is 1.27 bits per heavy atom. The molecule has 0 saturated carbocycles. The zero-order valence-electron chi connectivity index (χ0n) is 11.7. The Labute approximate surface area is 124 Å². The van der Waals surface area contributed by atoms with Crippen LogP contribution >= 0.6 is 0 Å². The number of carbonyl (C=O) groups is 2. The number of carbonyl (C=O) groups excluding carboxylic acids is 1. The molecule has 1 aromatic rings. The summed E-state index contributed by atoms with van der Waals surface area (Å²) in [5, 5.41) is 10.6. The van der Waals surface area contributed by atoms with Gasteiger partial charge < -0.3 is 10.4 Å². The number of carboxylic acids is 1. The summed E-state index contributed by atoms with van der Waals surface area (Å²) in [6.45, 7) is 0.115. The van der Waals surface area contributed by atoms with E-state index in [0.717, 1.165) is 6.07 Å². The first-order chi connectivity index (χ1) is 10.2. The molecule has 0 spiro atoms. The molecule has 0 aliphatic rings. The van der Waals surface area contributed by atoms with Crippen molar-refractivity contribution in [2.75, 3.05) is 6.67 Å².